The molecule has 2 aromatic rings. The van der Waals surface area contributed by atoms with Crippen LogP contribution < -0.4 is 0 Å². The zero-order valence-corrected chi connectivity index (χ0v) is 12.6. The number of benzene rings is 1. The van der Waals surface area contributed by atoms with E-state index >= 15 is 0 Å². The van der Waals surface area contributed by atoms with E-state index in [1.165, 1.54) is 11.9 Å². The lowest BCUT2D eigenvalue weighted by atomic mass is 10.1. The molecule has 1 aromatic carbocycles. The van der Waals surface area contributed by atoms with Crippen molar-refractivity contribution in [3.63, 3.8) is 0 Å². The van der Waals surface area contributed by atoms with Gasteiger partial charge in [0.1, 0.15) is 6.04 Å². The van der Waals surface area contributed by atoms with Gasteiger partial charge in [-0.1, -0.05) is 29.4 Å². The quantitative estimate of drug-likeness (QED) is 0.802. The van der Waals surface area contributed by atoms with Crippen LogP contribution in [-0.4, -0.2) is 52.0 Å². The van der Waals surface area contributed by atoms with Crippen LogP contribution in [0.2, 0.25) is 0 Å². The van der Waals surface area contributed by atoms with Crippen LogP contribution in [0.3, 0.4) is 0 Å². The summed E-state index contributed by atoms with van der Waals surface area (Å²) < 4.78 is 5.23. The van der Waals surface area contributed by atoms with Gasteiger partial charge in [-0.05, 0) is 12.5 Å². The third kappa shape index (κ3) is 2.24. The first kappa shape index (κ1) is 14.2. The van der Waals surface area contributed by atoms with Gasteiger partial charge in [-0.2, -0.15) is 4.98 Å². The molecule has 0 saturated carbocycles. The maximum atomic E-state index is 12.0. The van der Waals surface area contributed by atoms with Gasteiger partial charge < -0.3 is 9.42 Å². The van der Waals surface area contributed by atoms with E-state index in [1.807, 2.05) is 31.2 Å². The van der Waals surface area contributed by atoms with Crippen LogP contribution in [-0.2, 0) is 11.2 Å². The third-order valence-corrected chi connectivity index (χ3v) is 3.89. The second-order valence-electron chi connectivity index (χ2n) is 5.34. The van der Waals surface area contributed by atoms with Crippen LogP contribution in [0.25, 0.3) is 11.4 Å². The number of urea groups is 1. The summed E-state index contributed by atoms with van der Waals surface area (Å²) in [6.07, 6.45) is 0.213. The fourth-order valence-corrected chi connectivity index (χ4v) is 2.51. The Bertz CT molecular complexity index is 740. The molecule has 7 nitrogen and oxygen atoms in total. The monoisotopic (exact) mass is 300 g/mol. The van der Waals surface area contributed by atoms with Gasteiger partial charge in [0.15, 0.2) is 0 Å². The summed E-state index contributed by atoms with van der Waals surface area (Å²) in [6, 6.07) is 6.80. The lowest BCUT2D eigenvalue weighted by molar-refractivity contribution is -0.127. The smallest absolute Gasteiger partial charge is 0.326 e. The van der Waals surface area contributed by atoms with Crippen LogP contribution in [0.5, 0.6) is 0 Å². The first-order valence-corrected chi connectivity index (χ1v) is 6.92. The number of likely N-dealkylation sites (N-methyl/N-ethyl adjacent to an activating group) is 2. The van der Waals surface area contributed by atoms with Gasteiger partial charge in [0.05, 0.1) is 6.42 Å². The van der Waals surface area contributed by atoms with E-state index in [2.05, 4.69) is 10.1 Å². The largest absolute Gasteiger partial charge is 0.339 e. The highest BCUT2D eigenvalue weighted by Crippen LogP contribution is 2.22. The number of aryl methyl sites for hydroxylation is 1. The number of amides is 3. The van der Waals surface area contributed by atoms with Crippen molar-refractivity contribution in [2.24, 2.45) is 0 Å². The molecule has 3 amide bonds. The molecule has 114 valence electrons. The highest BCUT2D eigenvalue weighted by Gasteiger charge is 2.41. The van der Waals surface area contributed by atoms with Gasteiger partial charge in [0, 0.05) is 19.7 Å². The van der Waals surface area contributed by atoms with Gasteiger partial charge in [-0.25, -0.2) is 4.79 Å². The first-order valence-electron chi connectivity index (χ1n) is 6.92. The molecule has 0 N–H and O–H groups in total. The van der Waals surface area contributed by atoms with Gasteiger partial charge in [-0.3, -0.25) is 9.69 Å². The number of rotatable bonds is 3. The van der Waals surface area contributed by atoms with Crippen LogP contribution in [0.15, 0.2) is 28.8 Å². The maximum absolute atomic E-state index is 12.0. The number of nitrogens with zero attached hydrogens (tertiary/aromatic N) is 4. The highest BCUT2D eigenvalue weighted by atomic mass is 16.5. The van der Waals surface area contributed by atoms with E-state index in [1.54, 1.807) is 7.05 Å². The van der Waals surface area contributed by atoms with Gasteiger partial charge in [0.2, 0.25) is 11.7 Å². The SMILES string of the molecule is Cc1ccccc1-c1noc(C[C@@H]2C(=O)N(C)C(=O)N2C)n1. The minimum Gasteiger partial charge on any atom is -0.339 e. The molecule has 22 heavy (non-hydrogen) atoms. The van der Waals surface area contributed by atoms with Gasteiger partial charge >= 0.3 is 6.03 Å². The normalized spacial score (nSPS) is 18.4. The number of aromatic nitrogens is 2. The summed E-state index contributed by atoms with van der Waals surface area (Å²) in [5.41, 5.74) is 1.93. The summed E-state index contributed by atoms with van der Waals surface area (Å²) in [5, 5.41) is 3.96. The standard InChI is InChI=1S/C15H16N4O3/c1-9-6-4-5-7-10(9)13-16-12(22-17-13)8-11-14(20)19(3)15(21)18(11)2/h4-7,11H,8H2,1-3H3/t11-/m1/s1. The number of hydrogen-bond donors (Lipinski definition) is 0. The van der Waals surface area contributed by atoms with Crippen molar-refractivity contribution >= 4 is 11.9 Å². The lowest BCUT2D eigenvalue weighted by Gasteiger charge is -2.13. The van der Waals surface area contributed by atoms with E-state index < -0.39 is 6.04 Å². The Morgan fingerprint density at radius 1 is 1.23 bits per heavy atom. The van der Waals surface area contributed by atoms with Crippen LogP contribution in [0.4, 0.5) is 4.79 Å². The zero-order chi connectivity index (χ0) is 15.9. The Kier molecular flexibility index (Phi) is 3.40. The topological polar surface area (TPSA) is 79.5 Å². The van der Waals surface area contributed by atoms with Gasteiger partial charge in [-0.15, -0.1) is 0 Å². The number of hydrogen-bond acceptors (Lipinski definition) is 5. The Hall–Kier alpha value is -2.70. The summed E-state index contributed by atoms with van der Waals surface area (Å²) in [5.74, 6) is 0.565. The third-order valence-electron chi connectivity index (χ3n) is 3.89. The van der Waals surface area contributed by atoms with Crippen molar-refractivity contribution < 1.29 is 14.1 Å². The molecule has 7 heteroatoms. The second-order valence-corrected chi connectivity index (χ2v) is 5.34. The van der Waals surface area contributed by atoms with E-state index in [4.69, 9.17) is 4.52 Å². The molecule has 0 aliphatic carbocycles. The van der Waals surface area contributed by atoms with E-state index in [9.17, 15) is 9.59 Å². The zero-order valence-electron chi connectivity index (χ0n) is 12.6. The van der Waals surface area contributed by atoms with Crippen LogP contribution in [0, 0.1) is 6.92 Å². The van der Waals surface area contributed by atoms with Crippen molar-refractivity contribution in [3.8, 4) is 11.4 Å². The van der Waals surface area contributed by atoms with Crippen LogP contribution >= 0.6 is 0 Å². The Morgan fingerprint density at radius 3 is 2.59 bits per heavy atom. The van der Waals surface area contributed by atoms with Crippen molar-refractivity contribution in [2.45, 2.75) is 19.4 Å². The number of carbonyl (C=O) groups is 2. The van der Waals surface area contributed by atoms with E-state index in [-0.39, 0.29) is 18.4 Å². The van der Waals surface area contributed by atoms with Crippen molar-refractivity contribution in [2.75, 3.05) is 14.1 Å². The summed E-state index contributed by atoms with van der Waals surface area (Å²) in [4.78, 5) is 30.6. The Balaban J connectivity index is 1.82. The van der Waals surface area contributed by atoms with Gasteiger partial charge in [0.25, 0.3) is 5.91 Å². The number of carbonyl (C=O) groups excluding carboxylic acids is 2. The molecule has 3 rings (SSSR count). The molecular formula is C15H16N4O3. The fraction of sp³-hybridized carbons (Fsp3) is 0.333. The predicted molar refractivity (Wildman–Crippen MR) is 77.9 cm³/mol. The molecule has 0 bridgehead atoms. The molecule has 0 radical (unpaired) electrons. The Morgan fingerprint density at radius 2 is 1.95 bits per heavy atom. The summed E-state index contributed by atoms with van der Waals surface area (Å²) in [7, 11) is 3.06. The van der Waals surface area contributed by atoms with E-state index in [0.29, 0.717) is 11.7 Å². The minimum atomic E-state index is -0.595. The molecule has 1 saturated heterocycles. The first-order chi connectivity index (χ1) is 10.5. The molecule has 1 aromatic heterocycles. The number of imide groups is 1. The molecule has 1 aliphatic rings. The predicted octanol–water partition coefficient (Wildman–Crippen LogP) is 1.48. The maximum Gasteiger partial charge on any atom is 0.326 e. The summed E-state index contributed by atoms with van der Waals surface area (Å²) >= 11 is 0. The fourth-order valence-electron chi connectivity index (χ4n) is 2.51. The van der Waals surface area contributed by atoms with Crippen molar-refractivity contribution in [1.29, 1.82) is 0 Å². The van der Waals surface area contributed by atoms with E-state index in [0.717, 1.165) is 16.0 Å². The minimum absolute atomic E-state index is 0.213. The van der Waals surface area contributed by atoms with Crippen molar-refractivity contribution in [1.82, 2.24) is 19.9 Å². The van der Waals surface area contributed by atoms with Crippen molar-refractivity contribution in [3.05, 3.63) is 35.7 Å². The molecule has 1 aliphatic heterocycles. The second kappa shape index (κ2) is 5.25. The van der Waals surface area contributed by atoms with Crippen LogP contribution in [0.1, 0.15) is 11.5 Å². The molecular weight excluding hydrogens is 284 g/mol. The molecule has 2 heterocycles. The molecule has 1 fully saturated rings. The molecule has 0 spiro atoms. The summed E-state index contributed by atoms with van der Waals surface area (Å²) in [6.45, 7) is 1.97. The average Bonchev–Trinajstić information content (AvgIpc) is 3.04. The Labute approximate surface area is 127 Å². The highest BCUT2D eigenvalue weighted by molar-refractivity contribution is 6.03. The molecule has 0 unspecified atom stereocenters. The molecule has 1 atom stereocenters. The lowest BCUT2D eigenvalue weighted by Crippen LogP contribution is -2.33. The average molecular weight is 300 g/mol.